The fraction of sp³-hybridized carbons (Fsp3) is 0.182. The van der Waals surface area contributed by atoms with E-state index in [1.54, 1.807) is 49.4 Å². The Bertz CT molecular complexity index is 1080. The average molecular weight is 424 g/mol. The normalized spacial score (nSPS) is 15.0. The topological polar surface area (TPSA) is 115 Å². The van der Waals surface area contributed by atoms with Gasteiger partial charge in [-0.3, -0.25) is 15.0 Å². The number of aliphatic carboxylic acids is 1. The molecule has 0 atom stereocenters. The van der Waals surface area contributed by atoms with Crippen LogP contribution in [0.25, 0.3) is 12.2 Å². The molecule has 2 aromatic rings. The standard InChI is InChI=1S/C22H21FN4O4/c1-14-20(22(31)27(26-14)13-3-6-19(28)29)25-24-18-5-2-4-16(21(18)30)10-7-15-8-11-17(23)12-9-15/h2,4-5,7-12,24,30H,3,6,13H2,1H3,(H,28,29)/b10-7+,25-20-. The Morgan fingerprint density at radius 1 is 1.23 bits per heavy atom. The summed E-state index contributed by atoms with van der Waals surface area (Å²) in [6, 6.07) is 10.9. The number of rotatable bonds is 8. The Balaban J connectivity index is 1.70. The van der Waals surface area contributed by atoms with Crippen LogP contribution in [0.3, 0.4) is 0 Å². The zero-order valence-electron chi connectivity index (χ0n) is 16.7. The number of anilines is 1. The van der Waals surface area contributed by atoms with Gasteiger partial charge < -0.3 is 10.2 Å². The second-order valence-corrected chi connectivity index (χ2v) is 6.81. The van der Waals surface area contributed by atoms with Crippen molar-refractivity contribution in [1.82, 2.24) is 5.01 Å². The van der Waals surface area contributed by atoms with Crippen molar-refractivity contribution >= 4 is 41.1 Å². The van der Waals surface area contributed by atoms with Gasteiger partial charge in [-0.25, -0.2) is 9.40 Å². The van der Waals surface area contributed by atoms with E-state index in [4.69, 9.17) is 5.11 Å². The molecule has 0 aromatic heterocycles. The Kier molecular flexibility index (Phi) is 6.76. The number of carbonyl (C=O) groups is 2. The highest BCUT2D eigenvalue weighted by molar-refractivity contribution is 6.68. The maximum atomic E-state index is 13.0. The number of carboxylic acid groups (broad SMARTS) is 1. The van der Waals surface area contributed by atoms with Crippen molar-refractivity contribution in [3.63, 3.8) is 0 Å². The summed E-state index contributed by atoms with van der Waals surface area (Å²) >= 11 is 0. The monoisotopic (exact) mass is 424 g/mol. The zero-order chi connectivity index (χ0) is 22.4. The molecule has 0 fully saturated rings. The molecule has 0 saturated heterocycles. The van der Waals surface area contributed by atoms with E-state index in [-0.39, 0.29) is 36.7 Å². The van der Waals surface area contributed by atoms with Crippen molar-refractivity contribution in [3.8, 4) is 5.75 Å². The molecule has 3 N–H and O–H groups in total. The van der Waals surface area contributed by atoms with Crippen molar-refractivity contribution in [3.05, 3.63) is 59.4 Å². The van der Waals surface area contributed by atoms with E-state index in [1.165, 1.54) is 17.1 Å². The Hall–Kier alpha value is -4.01. The van der Waals surface area contributed by atoms with Crippen LogP contribution in [0.1, 0.15) is 30.9 Å². The van der Waals surface area contributed by atoms with Gasteiger partial charge in [-0.1, -0.05) is 36.4 Å². The van der Waals surface area contributed by atoms with E-state index in [2.05, 4.69) is 15.6 Å². The lowest BCUT2D eigenvalue weighted by molar-refractivity contribution is -0.137. The molecular weight excluding hydrogens is 403 g/mol. The number of nitrogens with one attached hydrogen (secondary N) is 1. The minimum Gasteiger partial charge on any atom is -0.505 e. The number of carboxylic acids is 1. The van der Waals surface area contributed by atoms with Crippen LogP contribution >= 0.6 is 0 Å². The molecule has 31 heavy (non-hydrogen) atoms. The number of aromatic hydroxyl groups is 1. The lowest BCUT2D eigenvalue weighted by atomic mass is 10.1. The number of phenolic OH excluding ortho intramolecular Hbond substituents is 1. The number of nitrogens with zero attached hydrogens (tertiary/aromatic N) is 3. The number of benzene rings is 2. The molecule has 160 valence electrons. The number of para-hydroxylation sites is 1. The first kappa shape index (κ1) is 21.7. The fourth-order valence-corrected chi connectivity index (χ4v) is 2.87. The molecule has 2 aromatic carbocycles. The molecule has 1 heterocycles. The smallest absolute Gasteiger partial charge is 0.303 e. The Morgan fingerprint density at radius 2 is 1.97 bits per heavy atom. The number of halogens is 1. The zero-order valence-corrected chi connectivity index (χ0v) is 16.7. The van der Waals surface area contributed by atoms with Crippen molar-refractivity contribution in [2.45, 2.75) is 19.8 Å². The number of hydrogen-bond acceptors (Lipinski definition) is 6. The third-order valence-corrected chi connectivity index (χ3v) is 4.49. The molecule has 0 bridgehead atoms. The summed E-state index contributed by atoms with van der Waals surface area (Å²) in [6.07, 6.45) is 3.63. The molecule has 0 saturated carbocycles. The van der Waals surface area contributed by atoms with Crippen molar-refractivity contribution < 1.29 is 24.2 Å². The molecule has 0 aliphatic carbocycles. The quantitative estimate of drug-likeness (QED) is 0.341. The fourth-order valence-electron chi connectivity index (χ4n) is 2.87. The van der Waals surface area contributed by atoms with Gasteiger partial charge in [-0.05, 0) is 37.1 Å². The van der Waals surface area contributed by atoms with Crippen LogP contribution in [0.15, 0.2) is 52.7 Å². The second kappa shape index (κ2) is 9.66. The van der Waals surface area contributed by atoms with Gasteiger partial charge in [0.15, 0.2) is 5.71 Å². The van der Waals surface area contributed by atoms with Crippen LogP contribution in [-0.4, -0.2) is 45.1 Å². The summed E-state index contributed by atoms with van der Waals surface area (Å²) < 4.78 is 13.0. The van der Waals surface area contributed by atoms with Gasteiger partial charge in [0.25, 0.3) is 5.91 Å². The van der Waals surface area contributed by atoms with Gasteiger partial charge in [-0.15, -0.1) is 0 Å². The van der Waals surface area contributed by atoms with Crippen LogP contribution < -0.4 is 5.43 Å². The van der Waals surface area contributed by atoms with Crippen LogP contribution in [0.4, 0.5) is 10.1 Å². The van der Waals surface area contributed by atoms with E-state index in [9.17, 15) is 19.1 Å². The molecule has 0 unspecified atom stereocenters. The van der Waals surface area contributed by atoms with E-state index in [1.807, 2.05) is 0 Å². The lowest BCUT2D eigenvalue weighted by Gasteiger charge is -2.10. The highest BCUT2D eigenvalue weighted by Crippen LogP contribution is 2.29. The number of amides is 1. The molecule has 1 amide bonds. The maximum absolute atomic E-state index is 13.0. The van der Waals surface area contributed by atoms with E-state index in [0.717, 1.165) is 5.56 Å². The van der Waals surface area contributed by atoms with Crippen molar-refractivity contribution in [1.29, 1.82) is 0 Å². The van der Waals surface area contributed by atoms with Gasteiger partial charge in [0.2, 0.25) is 0 Å². The molecule has 0 spiro atoms. The molecule has 8 nitrogen and oxygen atoms in total. The highest BCUT2D eigenvalue weighted by atomic mass is 19.1. The van der Waals surface area contributed by atoms with Crippen LogP contribution in [0.2, 0.25) is 0 Å². The maximum Gasteiger partial charge on any atom is 0.303 e. The summed E-state index contributed by atoms with van der Waals surface area (Å²) in [6.45, 7) is 1.80. The first-order chi connectivity index (χ1) is 14.8. The molecule has 1 aliphatic rings. The summed E-state index contributed by atoms with van der Waals surface area (Å²) in [5.74, 6) is -1.77. The predicted octanol–water partition coefficient (Wildman–Crippen LogP) is 3.55. The van der Waals surface area contributed by atoms with Gasteiger partial charge in [-0.2, -0.15) is 10.2 Å². The molecule has 3 rings (SSSR count). The molecule has 9 heteroatoms. The van der Waals surface area contributed by atoms with E-state index >= 15 is 0 Å². The van der Waals surface area contributed by atoms with Crippen LogP contribution in [-0.2, 0) is 9.59 Å². The largest absolute Gasteiger partial charge is 0.505 e. The molecule has 0 radical (unpaired) electrons. The summed E-state index contributed by atoms with van der Waals surface area (Å²) in [5, 5.41) is 28.6. The summed E-state index contributed by atoms with van der Waals surface area (Å²) in [4.78, 5) is 23.1. The summed E-state index contributed by atoms with van der Waals surface area (Å²) in [5.41, 5.74) is 4.73. The lowest BCUT2D eigenvalue weighted by Crippen LogP contribution is -2.29. The summed E-state index contributed by atoms with van der Waals surface area (Å²) in [7, 11) is 0. The Labute approximate surface area is 178 Å². The van der Waals surface area contributed by atoms with Crippen LogP contribution in [0.5, 0.6) is 5.75 Å². The Morgan fingerprint density at radius 3 is 2.68 bits per heavy atom. The minimum absolute atomic E-state index is 0.0603. The third-order valence-electron chi connectivity index (χ3n) is 4.49. The van der Waals surface area contributed by atoms with Gasteiger partial charge in [0, 0.05) is 18.5 Å². The van der Waals surface area contributed by atoms with Gasteiger partial charge in [0.05, 0.1) is 11.4 Å². The highest BCUT2D eigenvalue weighted by Gasteiger charge is 2.29. The second-order valence-electron chi connectivity index (χ2n) is 6.81. The van der Waals surface area contributed by atoms with Crippen molar-refractivity contribution in [2.24, 2.45) is 10.2 Å². The van der Waals surface area contributed by atoms with Gasteiger partial charge in [0.1, 0.15) is 11.6 Å². The van der Waals surface area contributed by atoms with E-state index < -0.39 is 11.9 Å². The third kappa shape index (κ3) is 5.53. The first-order valence-corrected chi connectivity index (χ1v) is 9.53. The number of hydrazone groups is 2. The van der Waals surface area contributed by atoms with Gasteiger partial charge >= 0.3 is 5.97 Å². The predicted molar refractivity (Wildman–Crippen MR) is 116 cm³/mol. The van der Waals surface area contributed by atoms with Crippen molar-refractivity contribution in [2.75, 3.05) is 12.0 Å². The van der Waals surface area contributed by atoms with E-state index in [0.29, 0.717) is 17.0 Å². The molecule has 1 aliphatic heterocycles. The number of carbonyl (C=O) groups excluding carboxylic acids is 1. The van der Waals surface area contributed by atoms with Crippen LogP contribution in [0, 0.1) is 5.82 Å². The SMILES string of the molecule is CC1=NN(CCCC(=O)O)C(=O)/C1=N\Nc1cccc(/C=C/c2ccc(F)cc2)c1O. The number of phenols is 1. The minimum atomic E-state index is -0.938. The average Bonchev–Trinajstić information content (AvgIpc) is 3.00. The number of hydrogen-bond donors (Lipinski definition) is 3. The first-order valence-electron chi connectivity index (χ1n) is 9.53. The molecular formula is C22H21FN4O4.